The molecule has 15 heavy (non-hydrogen) atoms. The lowest BCUT2D eigenvalue weighted by atomic mass is 10.1. The standard InChI is InChI=1S/C11H22N2O2/c1-9(2)13-6-4-5-12-8-10(13)7-11(14)15-3/h9-10,12H,4-8H2,1-3H3. The fraction of sp³-hybridized carbons (Fsp3) is 0.909. The lowest BCUT2D eigenvalue weighted by Crippen LogP contribution is -2.45. The van der Waals surface area contributed by atoms with Crippen molar-refractivity contribution in [3.05, 3.63) is 0 Å². The summed E-state index contributed by atoms with van der Waals surface area (Å²) < 4.78 is 4.73. The van der Waals surface area contributed by atoms with Crippen molar-refractivity contribution in [2.45, 2.75) is 38.8 Å². The van der Waals surface area contributed by atoms with E-state index in [9.17, 15) is 4.79 Å². The van der Waals surface area contributed by atoms with Gasteiger partial charge in [-0.3, -0.25) is 9.69 Å². The lowest BCUT2D eigenvalue weighted by Gasteiger charge is -2.32. The van der Waals surface area contributed by atoms with E-state index in [0.29, 0.717) is 12.5 Å². The van der Waals surface area contributed by atoms with Gasteiger partial charge in [-0.25, -0.2) is 0 Å². The Morgan fingerprint density at radius 1 is 1.60 bits per heavy atom. The summed E-state index contributed by atoms with van der Waals surface area (Å²) in [6.45, 7) is 7.34. The highest BCUT2D eigenvalue weighted by molar-refractivity contribution is 5.69. The summed E-state index contributed by atoms with van der Waals surface area (Å²) in [4.78, 5) is 13.7. The Morgan fingerprint density at radius 3 is 2.93 bits per heavy atom. The van der Waals surface area contributed by atoms with E-state index >= 15 is 0 Å². The Labute approximate surface area is 92.0 Å². The molecule has 0 aromatic carbocycles. The second-order valence-corrected chi connectivity index (χ2v) is 4.32. The number of nitrogens with one attached hydrogen (secondary N) is 1. The van der Waals surface area contributed by atoms with Crippen molar-refractivity contribution in [2.75, 3.05) is 26.7 Å². The summed E-state index contributed by atoms with van der Waals surface area (Å²) in [7, 11) is 1.45. The average Bonchev–Trinajstić information content (AvgIpc) is 2.43. The molecule has 1 rings (SSSR count). The monoisotopic (exact) mass is 214 g/mol. The van der Waals surface area contributed by atoms with Gasteiger partial charge in [-0.2, -0.15) is 0 Å². The smallest absolute Gasteiger partial charge is 0.307 e. The normalized spacial score (nSPS) is 23.9. The summed E-state index contributed by atoms with van der Waals surface area (Å²) >= 11 is 0. The van der Waals surface area contributed by atoms with Gasteiger partial charge >= 0.3 is 5.97 Å². The summed E-state index contributed by atoms with van der Waals surface area (Å²) in [5.74, 6) is -0.116. The third-order valence-corrected chi connectivity index (χ3v) is 2.91. The van der Waals surface area contributed by atoms with Crippen LogP contribution in [0, 0.1) is 0 Å². The van der Waals surface area contributed by atoms with Crippen LogP contribution in [-0.2, 0) is 9.53 Å². The van der Waals surface area contributed by atoms with Crippen LogP contribution in [0.3, 0.4) is 0 Å². The molecule has 0 aromatic heterocycles. The van der Waals surface area contributed by atoms with Crippen LogP contribution < -0.4 is 5.32 Å². The summed E-state index contributed by atoms with van der Waals surface area (Å²) in [6.07, 6.45) is 1.64. The molecule has 4 nitrogen and oxygen atoms in total. The van der Waals surface area contributed by atoms with E-state index in [2.05, 4.69) is 24.1 Å². The molecule has 0 amide bonds. The van der Waals surface area contributed by atoms with Crippen LogP contribution in [0.5, 0.6) is 0 Å². The van der Waals surface area contributed by atoms with Crippen molar-refractivity contribution in [3.63, 3.8) is 0 Å². The SMILES string of the molecule is COC(=O)CC1CNCCCN1C(C)C. The van der Waals surface area contributed by atoms with Crippen molar-refractivity contribution >= 4 is 5.97 Å². The number of esters is 1. The Bertz CT molecular complexity index is 207. The zero-order valence-corrected chi connectivity index (χ0v) is 9.95. The van der Waals surface area contributed by atoms with Gasteiger partial charge in [0.2, 0.25) is 0 Å². The molecule has 1 saturated heterocycles. The Hall–Kier alpha value is -0.610. The molecule has 1 fully saturated rings. The fourth-order valence-electron chi connectivity index (χ4n) is 2.10. The average molecular weight is 214 g/mol. The van der Waals surface area contributed by atoms with Crippen molar-refractivity contribution in [1.82, 2.24) is 10.2 Å². The first-order chi connectivity index (χ1) is 7.15. The van der Waals surface area contributed by atoms with Gasteiger partial charge in [0.1, 0.15) is 0 Å². The highest BCUT2D eigenvalue weighted by Gasteiger charge is 2.25. The highest BCUT2D eigenvalue weighted by Crippen LogP contribution is 2.12. The maximum Gasteiger partial charge on any atom is 0.307 e. The molecule has 88 valence electrons. The van der Waals surface area contributed by atoms with Crippen molar-refractivity contribution in [3.8, 4) is 0 Å². The minimum absolute atomic E-state index is 0.116. The molecule has 1 unspecified atom stereocenters. The molecule has 1 heterocycles. The second-order valence-electron chi connectivity index (χ2n) is 4.32. The van der Waals surface area contributed by atoms with E-state index < -0.39 is 0 Å². The van der Waals surface area contributed by atoms with Crippen LogP contribution in [0.2, 0.25) is 0 Å². The Kier molecular flexibility index (Phi) is 5.05. The van der Waals surface area contributed by atoms with Gasteiger partial charge in [-0.05, 0) is 33.4 Å². The first-order valence-corrected chi connectivity index (χ1v) is 5.68. The van der Waals surface area contributed by atoms with Gasteiger partial charge in [-0.15, -0.1) is 0 Å². The molecule has 0 saturated carbocycles. The van der Waals surface area contributed by atoms with Gasteiger partial charge in [0.15, 0.2) is 0 Å². The zero-order chi connectivity index (χ0) is 11.3. The van der Waals surface area contributed by atoms with Gasteiger partial charge in [0.25, 0.3) is 0 Å². The number of nitrogens with zero attached hydrogens (tertiary/aromatic N) is 1. The van der Waals surface area contributed by atoms with Crippen LogP contribution >= 0.6 is 0 Å². The molecule has 4 heteroatoms. The molecule has 1 atom stereocenters. The first kappa shape index (κ1) is 12.5. The van der Waals surface area contributed by atoms with E-state index in [4.69, 9.17) is 4.74 Å². The van der Waals surface area contributed by atoms with E-state index in [1.54, 1.807) is 0 Å². The third kappa shape index (κ3) is 3.80. The molecule has 1 aliphatic rings. The van der Waals surface area contributed by atoms with Crippen LogP contribution in [0.25, 0.3) is 0 Å². The Morgan fingerprint density at radius 2 is 2.33 bits per heavy atom. The van der Waals surface area contributed by atoms with E-state index in [-0.39, 0.29) is 12.0 Å². The highest BCUT2D eigenvalue weighted by atomic mass is 16.5. The maximum absolute atomic E-state index is 11.3. The van der Waals surface area contributed by atoms with Crippen molar-refractivity contribution in [2.24, 2.45) is 0 Å². The number of carbonyl (C=O) groups excluding carboxylic acids is 1. The number of hydrogen-bond donors (Lipinski definition) is 1. The van der Waals surface area contributed by atoms with E-state index in [1.165, 1.54) is 7.11 Å². The summed E-state index contributed by atoms with van der Waals surface area (Å²) in [5.41, 5.74) is 0. The third-order valence-electron chi connectivity index (χ3n) is 2.91. The molecular weight excluding hydrogens is 192 g/mol. The molecule has 0 radical (unpaired) electrons. The van der Waals surface area contributed by atoms with Gasteiger partial charge < -0.3 is 10.1 Å². The van der Waals surface area contributed by atoms with Gasteiger partial charge in [0, 0.05) is 18.6 Å². The van der Waals surface area contributed by atoms with E-state index in [1.807, 2.05) is 0 Å². The molecule has 0 aliphatic carbocycles. The molecule has 1 aliphatic heterocycles. The van der Waals surface area contributed by atoms with Crippen molar-refractivity contribution < 1.29 is 9.53 Å². The minimum Gasteiger partial charge on any atom is -0.469 e. The lowest BCUT2D eigenvalue weighted by molar-refractivity contribution is -0.142. The molecule has 0 aromatic rings. The largest absolute Gasteiger partial charge is 0.469 e. The number of methoxy groups -OCH3 is 1. The van der Waals surface area contributed by atoms with Crippen LogP contribution in [0.15, 0.2) is 0 Å². The van der Waals surface area contributed by atoms with Gasteiger partial charge in [-0.1, -0.05) is 0 Å². The molecule has 0 spiro atoms. The molecular formula is C11H22N2O2. The maximum atomic E-state index is 11.3. The number of hydrogen-bond acceptors (Lipinski definition) is 4. The quantitative estimate of drug-likeness (QED) is 0.699. The van der Waals surface area contributed by atoms with Crippen LogP contribution in [0.4, 0.5) is 0 Å². The fourth-order valence-corrected chi connectivity index (χ4v) is 2.10. The predicted molar refractivity (Wildman–Crippen MR) is 59.7 cm³/mol. The molecule has 1 N–H and O–H groups in total. The van der Waals surface area contributed by atoms with Crippen LogP contribution in [0.1, 0.15) is 26.7 Å². The molecule has 0 bridgehead atoms. The number of ether oxygens (including phenoxy) is 1. The number of carbonyl (C=O) groups is 1. The first-order valence-electron chi connectivity index (χ1n) is 5.68. The minimum atomic E-state index is -0.116. The second kappa shape index (κ2) is 6.08. The predicted octanol–water partition coefficient (Wildman–Crippen LogP) is 0.622. The Balaban J connectivity index is 2.57. The summed E-state index contributed by atoms with van der Waals surface area (Å²) in [5, 5.41) is 3.36. The van der Waals surface area contributed by atoms with E-state index in [0.717, 1.165) is 26.1 Å². The summed E-state index contributed by atoms with van der Waals surface area (Å²) in [6, 6.07) is 0.763. The van der Waals surface area contributed by atoms with Crippen molar-refractivity contribution in [1.29, 1.82) is 0 Å². The topological polar surface area (TPSA) is 41.6 Å². The van der Waals surface area contributed by atoms with Gasteiger partial charge in [0.05, 0.1) is 13.5 Å². The van der Waals surface area contributed by atoms with Crippen LogP contribution in [-0.4, -0.2) is 49.7 Å². The zero-order valence-electron chi connectivity index (χ0n) is 9.95. The number of rotatable bonds is 3.